The molecule has 0 radical (unpaired) electrons. The Morgan fingerprint density at radius 2 is 2.29 bits per heavy atom. The van der Waals surface area contributed by atoms with E-state index in [9.17, 15) is 0 Å². The molecule has 0 bridgehead atoms. The summed E-state index contributed by atoms with van der Waals surface area (Å²) < 4.78 is 11.7. The number of methoxy groups -OCH3 is 1. The molecule has 3 nitrogen and oxygen atoms in total. The van der Waals surface area contributed by atoms with Crippen LogP contribution in [0.2, 0.25) is 0 Å². The van der Waals surface area contributed by atoms with Crippen molar-refractivity contribution in [1.29, 1.82) is 0 Å². The zero-order valence-electron chi connectivity index (χ0n) is 10.00. The molecule has 0 aliphatic heterocycles. The maximum absolute atomic E-state index is 5.76. The first-order valence-electron chi connectivity index (χ1n) is 5.31. The van der Waals surface area contributed by atoms with Gasteiger partial charge in [0, 0.05) is 6.54 Å². The van der Waals surface area contributed by atoms with Crippen molar-refractivity contribution in [3.05, 3.63) is 22.7 Å². The Kier molecular flexibility index (Phi) is 5.88. The average molecular weight is 298 g/mol. The van der Waals surface area contributed by atoms with Gasteiger partial charge >= 0.3 is 0 Å². The van der Waals surface area contributed by atoms with Crippen molar-refractivity contribution in [2.24, 2.45) is 0 Å². The SMILES string of the molecule is C#CCNCC(C)Oc1ccc(OC)cc1Br. The van der Waals surface area contributed by atoms with Crippen molar-refractivity contribution in [1.82, 2.24) is 5.32 Å². The van der Waals surface area contributed by atoms with E-state index in [0.29, 0.717) is 13.1 Å². The predicted octanol–water partition coefficient (Wildman–Crippen LogP) is 2.45. The summed E-state index contributed by atoms with van der Waals surface area (Å²) in [6.07, 6.45) is 5.20. The maximum Gasteiger partial charge on any atom is 0.134 e. The lowest BCUT2D eigenvalue weighted by Crippen LogP contribution is -2.29. The van der Waals surface area contributed by atoms with Gasteiger partial charge < -0.3 is 14.8 Å². The fourth-order valence-electron chi connectivity index (χ4n) is 1.31. The number of halogens is 1. The number of benzene rings is 1. The van der Waals surface area contributed by atoms with Crippen LogP contribution in [-0.4, -0.2) is 26.3 Å². The smallest absolute Gasteiger partial charge is 0.134 e. The van der Waals surface area contributed by atoms with E-state index in [1.54, 1.807) is 7.11 Å². The molecule has 0 aliphatic rings. The number of terminal acetylenes is 1. The van der Waals surface area contributed by atoms with Gasteiger partial charge in [-0.15, -0.1) is 6.42 Å². The Morgan fingerprint density at radius 3 is 2.88 bits per heavy atom. The van der Waals surface area contributed by atoms with Crippen LogP contribution in [0.25, 0.3) is 0 Å². The number of nitrogens with one attached hydrogen (secondary N) is 1. The number of rotatable bonds is 6. The van der Waals surface area contributed by atoms with E-state index in [1.165, 1.54) is 0 Å². The first-order chi connectivity index (χ1) is 8.17. The Balaban J connectivity index is 2.53. The summed E-state index contributed by atoms with van der Waals surface area (Å²) in [6.45, 7) is 3.25. The predicted molar refractivity (Wildman–Crippen MR) is 72.5 cm³/mol. The molecular weight excluding hydrogens is 282 g/mol. The van der Waals surface area contributed by atoms with Gasteiger partial charge in [-0.2, -0.15) is 0 Å². The van der Waals surface area contributed by atoms with Crippen LogP contribution in [0.15, 0.2) is 22.7 Å². The highest BCUT2D eigenvalue weighted by Gasteiger charge is 2.07. The van der Waals surface area contributed by atoms with Crippen molar-refractivity contribution in [2.75, 3.05) is 20.2 Å². The molecule has 0 aliphatic carbocycles. The second kappa shape index (κ2) is 7.21. The molecule has 0 fully saturated rings. The fourth-order valence-corrected chi connectivity index (χ4v) is 1.76. The molecule has 1 aromatic rings. The first kappa shape index (κ1) is 13.9. The summed E-state index contributed by atoms with van der Waals surface area (Å²) in [4.78, 5) is 0. The fraction of sp³-hybridized carbons (Fsp3) is 0.385. The minimum absolute atomic E-state index is 0.0491. The number of hydrogen-bond donors (Lipinski definition) is 1. The van der Waals surface area contributed by atoms with Crippen LogP contribution >= 0.6 is 15.9 Å². The van der Waals surface area contributed by atoms with Gasteiger partial charge in [-0.1, -0.05) is 5.92 Å². The lowest BCUT2D eigenvalue weighted by Gasteiger charge is -2.16. The largest absolute Gasteiger partial charge is 0.497 e. The van der Waals surface area contributed by atoms with E-state index < -0.39 is 0 Å². The van der Waals surface area contributed by atoms with Crippen LogP contribution in [-0.2, 0) is 0 Å². The van der Waals surface area contributed by atoms with Gasteiger partial charge in [-0.3, -0.25) is 0 Å². The Bertz CT molecular complexity index is 401. The molecule has 0 saturated carbocycles. The number of ether oxygens (including phenoxy) is 2. The molecule has 4 heteroatoms. The van der Waals surface area contributed by atoms with Crippen LogP contribution < -0.4 is 14.8 Å². The van der Waals surface area contributed by atoms with Crippen LogP contribution in [0.4, 0.5) is 0 Å². The Hall–Kier alpha value is -1.18. The van der Waals surface area contributed by atoms with Gasteiger partial charge in [0.15, 0.2) is 0 Å². The summed E-state index contributed by atoms with van der Waals surface area (Å²) in [5.41, 5.74) is 0. The van der Waals surface area contributed by atoms with E-state index in [4.69, 9.17) is 15.9 Å². The molecule has 0 heterocycles. The zero-order valence-corrected chi connectivity index (χ0v) is 11.6. The molecule has 0 aromatic heterocycles. The third-order valence-electron chi connectivity index (χ3n) is 2.13. The lowest BCUT2D eigenvalue weighted by atomic mass is 10.3. The second-order valence-electron chi connectivity index (χ2n) is 3.56. The standard InChI is InChI=1S/C13H16BrNO2/c1-4-7-15-9-10(2)17-13-6-5-11(16-3)8-12(13)14/h1,5-6,8,10,15H,7,9H2,2-3H3. The minimum Gasteiger partial charge on any atom is -0.497 e. The third kappa shape index (κ3) is 4.68. The van der Waals surface area contributed by atoms with Gasteiger partial charge in [0.25, 0.3) is 0 Å². The van der Waals surface area contributed by atoms with Gasteiger partial charge in [0.2, 0.25) is 0 Å². The van der Waals surface area contributed by atoms with Gasteiger partial charge in [0.1, 0.15) is 17.6 Å². The molecule has 17 heavy (non-hydrogen) atoms. The van der Waals surface area contributed by atoms with Crippen molar-refractivity contribution >= 4 is 15.9 Å². The highest BCUT2D eigenvalue weighted by Crippen LogP contribution is 2.29. The summed E-state index contributed by atoms with van der Waals surface area (Å²) in [6, 6.07) is 5.61. The van der Waals surface area contributed by atoms with E-state index in [0.717, 1.165) is 16.0 Å². The summed E-state index contributed by atoms with van der Waals surface area (Å²) in [7, 11) is 1.63. The summed E-state index contributed by atoms with van der Waals surface area (Å²) in [5.74, 6) is 4.11. The Labute approximate surface area is 111 Å². The summed E-state index contributed by atoms with van der Waals surface area (Å²) >= 11 is 3.44. The van der Waals surface area contributed by atoms with Crippen molar-refractivity contribution < 1.29 is 9.47 Å². The second-order valence-corrected chi connectivity index (χ2v) is 4.41. The van der Waals surface area contributed by atoms with Crippen LogP contribution in [0.3, 0.4) is 0 Å². The molecule has 1 aromatic carbocycles. The molecule has 92 valence electrons. The maximum atomic E-state index is 5.76. The number of hydrogen-bond acceptors (Lipinski definition) is 3. The molecule has 0 saturated heterocycles. The van der Waals surface area contributed by atoms with E-state index >= 15 is 0 Å². The van der Waals surface area contributed by atoms with Gasteiger partial charge in [-0.05, 0) is 41.1 Å². The Morgan fingerprint density at radius 1 is 1.53 bits per heavy atom. The third-order valence-corrected chi connectivity index (χ3v) is 2.75. The summed E-state index contributed by atoms with van der Waals surface area (Å²) in [5, 5.41) is 3.10. The van der Waals surface area contributed by atoms with E-state index in [2.05, 4.69) is 27.2 Å². The normalized spacial score (nSPS) is 11.6. The van der Waals surface area contributed by atoms with Crippen molar-refractivity contribution in [3.8, 4) is 23.8 Å². The molecule has 1 N–H and O–H groups in total. The van der Waals surface area contributed by atoms with E-state index in [-0.39, 0.29) is 6.10 Å². The molecule has 1 atom stereocenters. The highest BCUT2D eigenvalue weighted by molar-refractivity contribution is 9.10. The quantitative estimate of drug-likeness (QED) is 0.646. The molecule has 1 unspecified atom stereocenters. The zero-order chi connectivity index (χ0) is 12.7. The molecule has 0 amide bonds. The molecule has 0 spiro atoms. The molecular formula is C13H16BrNO2. The lowest BCUT2D eigenvalue weighted by molar-refractivity contribution is 0.217. The van der Waals surface area contributed by atoms with Crippen LogP contribution in [0.5, 0.6) is 11.5 Å². The minimum atomic E-state index is 0.0491. The molecule has 1 rings (SSSR count). The van der Waals surface area contributed by atoms with Crippen molar-refractivity contribution in [3.63, 3.8) is 0 Å². The average Bonchev–Trinajstić information content (AvgIpc) is 2.32. The monoisotopic (exact) mass is 297 g/mol. The van der Waals surface area contributed by atoms with Crippen LogP contribution in [0.1, 0.15) is 6.92 Å². The van der Waals surface area contributed by atoms with Gasteiger partial charge in [0.05, 0.1) is 18.1 Å². The first-order valence-corrected chi connectivity index (χ1v) is 6.11. The topological polar surface area (TPSA) is 30.5 Å². The highest BCUT2D eigenvalue weighted by atomic mass is 79.9. The van der Waals surface area contributed by atoms with Gasteiger partial charge in [-0.25, -0.2) is 0 Å². The van der Waals surface area contributed by atoms with Crippen molar-refractivity contribution in [2.45, 2.75) is 13.0 Å². The van der Waals surface area contributed by atoms with E-state index in [1.807, 2.05) is 25.1 Å². The van der Waals surface area contributed by atoms with Crippen LogP contribution in [0, 0.1) is 12.3 Å².